The molecule has 1 aliphatic heterocycles. The van der Waals surface area contributed by atoms with Gasteiger partial charge in [-0.1, -0.05) is 0 Å². The molecule has 1 aromatic carbocycles. The van der Waals surface area contributed by atoms with E-state index >= 15 is 0 Å². The minimum Gasteiger partial charge on any atom is -0.495 e. The molecule has 0 amide bonds. The van der Waals surface area contributed by atoms with E-state index in [0.29, 0.717) is 47.3 Å². The number of hydrogen-bond acceptors (Lipinski definition) is 7. The van der Waals surface area contributed by atoms with Gasteiger partial charge in [-0.05, 0) is 36.6 Å². The molecule has 27 heavy (non-hydrogen) atoms. The highest BCUT2D eigenvalue weighted by molar-refractivity contribution is 5.95. The number of benzene rings is 1. The Bertz CT molecular complexity index is 952. The molecule has 0 aliphatic carbocycles. The number of nitrogens with two attached hydrogens (primary N) is 2. The number of nitriles is 1. The maximum Gasteiger partial charge on any atom is 0.223 e. The van der Waals surface area contributed by atoms with Crippen molar-refractivity contribution in [1.29, 1.82) is 5.26 Å². The molecule has 2 aromatic rings. The van der Waals surface area contributed by atoms with Gasteiger partial charge in [0.25, 0.3) is 0 Å². The standard InChI is InChI=1S/C19H21N5O3/c1-11(21)5-17(22)23-18-8-12-7-16(25-2)13(9-20)6-15(12)19(24-18)27-14-3-4-26-10-14/h5-8,14H,3-4,10,21H2,1-2H3,(H2,22,23,24)/b11-5-. The number of amidine groups is 1. The quantitative estimate of drug-likeness (QED) is 0.612. The van der Waals surface area contributed by atoms with E-state index < -0.39 is 0 Å². The lowest BCUT2D eigenvalue weighted by Gasteiger charge is -2.15. The van der Waals surface area contributed by atoms with Crippen LogP contribution in [0.1, 0.15) is 18.9 Å². The Balaban J connectivity index is 2.14. The molecule has 0 spiro atoms. The van der Waals surface area contributed by atoms with Crippen molar-refractivity contribution in [2.75, 3.05) is 20.3 Å². The van der Waals surface area contributed by atoms with Crippen LogP contribution in [0.5, 0.6) is 11.6 Å². The van der Waals surface area contributed by atoms with Crippen LogP contribution in [0, 0.1) is 11.3 Å². The number of hydrogen-bond donors (Lipinski definition) is 2. The van der Waals surface area contributed by atoms with Gasteiger partial charge in [0.1, 0.15) is 23.8 Å². The summed E-state index contributed by atoms with van der Waals surface area (Å²) in [5.74, 6) is 1.45. The number of aliphatic imine (C=N–C) groups is 1. The Labute approximate surface area is 157 Å². The molecule has 1 unspecified atom stereocenters. The first-order chi connectivity index (χ1) is 13.0. The Morgan fingerprint density at radius 3 is 2.85 bits per heavy atom. The molecule has 4 N–H and O–H groups in total. The first-order valence-corrected chi connectivity index (χ1v) is 8.45. The van der Waals surface area contributed by atoms with Crippen molar-refractivity contribution in [3.05, 3.63) is 35.5 Å². The normalized spacial score (nSPS) is 17.7. The molecule has 0 radical (unpaired) electrons. The Morgan fingerprint density at radius 2 is 2.22 bits per heavy atom. The molecule has 0 saturated carbocycles. The molecular weight excluding hydrogens is 346 g/mol. The highest BCUT2D eigenvalue weighted by Gasteiger charge is 2.20. The van der Waals surface area contributed by atoms with Crippen molar-refractivity contribution in [3.8, 4) is 17.7 Å². The smallest absolute Gasteiger partial charge is 0.223 e. The van der Waals surface area contributed by atoms with Crippen molar-refractivity contribution in [2.24, 2.45) is 16.5 Å². The van der Waals surface area contributed by atoms with Gasteiger partial charge in [0, 0.05) is 17.5 Å². The molecule has 1 aromatic heterocycles. The molecule has 3 rings (SSSR count). The predicted molar refractivity (Wildman–Crippen MR) is 102 cm³/mol. The van der Waals surface area contributed by atoms with Gasteiger partial charge >= 0.3 is 0 Å². The molecule has 0 bridgehead atoms. The zero-order valence-corrected chi connectivity index (χ0v) is 15.2. The summed E-state index contributed by atoms with van der Waals surface area (Å²) in [6, 6.07) is 7.34. The molecule has 8 heteroatoms. The maximum absolute atomic E-state index is 9.37. The number of nitrogens with zero attached hydrogens (tertiary/aromatic N) is 3. The second-order valence-electron chi connectivity index (χ2n) is 6.20. The zero-order chi connectivity index (χ0) is 19.4. The summed E-state index contributed by atoms with van der Waals surface area (Å²) in [6.45, 7) is 2.86. The Hall–Kier alpha value is -3.31. The first kappa shape index (κ1) is 18.5. The average Bonchev–Trinajstić information content (AvgIpc) is 3.12. The van der Waals surface area contributed by atoms with Crippen LogP contribution in [0.3, 0.4) is 0 Å². The van der Waals surface area contributed by atoms with Crippen molar-refractivity contribution < 1.29 is 14.2 Å². The van der Waals surface area contributed by atoms with E-state index in [1.807, 2.05) is 0 Å². The summed E-state index contributed by atoms with van der Waals surface area (Å²) in [7, 11) is 1.52. The third kappa shape index (κ3) is 4.27. The van der Waals surface area contributed by atoms with Crippen LogP contribution >= 0.6 is 0 Å². The summed E-state index contributed by atoms with van der Waals surface area (Å²) in [6.07, 6.45) is 2.22. The highest BCUT2D eigenvalue weighted by Crippen LogP contribution is 2.34. The van der Waals surface area contributed by atoms with Crippen LogP contribution in [0.4, 0.5) is 5.82 Å². The SMILES string of the molecule is COc1cc2cc(/N=C(N)\C=C(\C)N)nc(OC3CCOC3)c2cc1C#N. The zero-order valence-electron chi connectivity index (χ0n) is 15.2. The summed E-state index contributed by atoms with van der Waals surface area (Å²) < 4.78 is 16.7. The molecule has 140 valence electrons. The van der Waals surface area contributed by atoms with Crippen LogP contribution in [0.15, 0.2) is 35.0 Å². The highest BCUT2D eigenvalue weighted by atomic mass is 16.5. The Kier molecular flexibility index (Phi) is 5.43. The van der Waals surface area contributed by atoms with Gasteiger partial charge < -0.3 is 25.7 Å². The average molecular weight is 367 g/mol. The van der Waals surface area contributed by atoms with Crippen molar-refractivity contribution in [2.45, 2.75) is 19.4 Å². The van der Waals surface area contributed by atoms with E-state index in [9.17, 15) is 5.26 Å². The maximum atomic E-state index is 9.37. The van der Waals surface area contributed by atoms with Crippen molar-refractivity contribution in [3.63, 3.8) is 0 Å². The minimum absolute atomic E-state index is 0.101. The van der Waals surface area contributed by atoms with E-state index in [0.717, 1.165) is 11.8 Å². The van der Waals surface area contributed by atoms with Crippen LogP contribution in [0.25, 0.3) is 10.8 Å². The number of aromatic nitrogens is 1. The lowest BCUT2D eigenvalue weighted by atomic mass is 10.1. The summed E-state index contributed by atoms with van der Waals surface area (Å²) in [4.78, 5) is 8.77. The molecule has 1 atom stereocenters. The molecule has 1 saturated heterocycles. The van der Waals surface area contributed by atoms with Gasteiger partial charge in [0.2, 0.25) is 5.88 Å². The van der Waals surface area contributed by atoms with Gasteiger partial charge in [0.05, 0.1) is 25.9 Å². The summed E-state index contributed by atoms with van der Waals surface area (Å²) in [5.41, 5.74) is 12.5. The van der Waals surface area contributed by atoms with Crippen molar-refractivity contribution >= 4 is 22.4 Å². The largest absolute Gasteiger partial charge is 0.495 e. The number of fused-ring (bicyclic) bond motifs is 1. The fourth-order valence-electron chi connectivity index (χ4n) is 2.80. The number of pyridine rings is 1. The van der Waals surface area contributed by atoms with Gasteiger partial charge in [-0.2, -0.15) is 10.2 Å². The molecule has 1 fully saturated rings. The number of allylic oxidation sites excluding steroid dienone is 1. The Morgan fingerprint density at radius 1 is 1.41 bits per heavy atom. The van der Waals surface area contributed by atoms with Crippen LogP contribution in [-0.4, -0.2) is 37.2 Å². The second-order valence-corrected chi connectivity index (χ2v) is 6.20. The monoisotopic (exact) mass is 367 g/mol. The fraction of sp³-hybridized carbons (Fsp3) is 0.316. The van der Waals surface area contributed by atoms with Gasteiger partial charge in [-0.15, -0.1) is 0 Å². The number of methoxy groups -OCH3 is 1. The molecule has 2 heterocycles. The number of ether oxygens (including phenoxy) is 3. The summed E-state index contributed by atoms with van der Waals surface area (Å²) >= 11 is 0. The summed E-state index contributed by atoms with van der Waals surface area (Å²) in [5, 5.41) is 10.8. The molecular formula is C19H21N5O3. The lowest BCUT2D eigenvalue weighted by Crippen LogP contribution is -2.16. The first-order valence-electron chi connectivity index (χ1n) is 8.45. The van der Waals surface area contributed by atoms with Gasteiger partial charge in [0.15, 0.2) is 5.82 Å². The molecule has 8 nitrogen and oxygen atoms in total. The van der Waals surface area contributed by atoms with Crippen LogP contribution in [-0.2, 0) is 4.74 Å². The van der Waals surface area contributed by atoms with E-state index in [4.69, 9.17) is 25.7 Å². The van der Waals surface area contributed by atoms with E-state index in [1.165, 1.54) is 7.11 Å². The third-order valence-corrected chi connectivity index (χ3v) is 4.01. The van der Waals surface area contributed by atoms with E-state index in [1.54, 1.807) is 31.2 Å². The van der Waals surface area contributed by atoms with E-state index in [-0.39, 0.29) is 11.9 Å². The van der Waals surface area contributed by atoms with Gasteiger partial charge in [-0.3, -0.25) is 0 Å². The van der Waals surface area contributed by atoms with E-state index in [2.05, 4.69) is 16.0 Å². The fourth-order valence-corrected chi connectivity index (χ4v) is 2.80. The van der Waals surface area contributed by atoms with Crippen molar-refractivity contribution in [1.82, 2.24) is 4.98 Å². The predicted octanol–water partition coefficient (Wildman–Crippen LogP) is 2.13. The lowest BCUT2D eigenvalue weighted by molar-refractivity contribution is 0.139. The van der Waals surface area contributed by atoms with Gasteiger partial charge in [-0.25, -0.2) is 4.99 Å². The number of rotatable bonds is 5. The topological polar surface area (TPSA) is 129 Å². The minimum atomic E-state index is -0.101. The second kappa shape index (κ2) is 7.93. The third-order valence-electron chi connectivity index (χ3n) is 4.01. The van der Waals surface area contributed by atoms with Crippen LogP contribution in [0.2, 0.25) is 0 Å². The molecule has 1 aliphatic rings. The van der Waals surface area contributed by atoms with Crippen LogP contribution < -0.4 is 20.9 Å².